The molecular formula is C11H17N3O. The standard InChI is InChI=1S/C11H17N3O/c15-11-9-6-12-7-10(9)13-14(11)8-4-2-1-3-5-8/h8,12-13H,1-7H2. The Hall–Kier alpha value is -1.03. The predicted molar refractivity (Wildman–Crippen MR) is 57.7 cm³/mol. The van der Waals surface area contributed by atoms with E-state index in [4.69, 9.17) is 0 Å². The van der Waals surface area contributed by atoms with Gasteiger partial charge in [-0.1, -0.05) is 19.3 Å². The van der Waals surface area contributed by atoms with Crippen LogP contribution in [0.5, 0.6) is 0 Å². The molecule has 1 fully saturated rings. The van der Waals surface area contributed by atoms with Gasteiger partial charge < -0.3 is 5.32 Å². The van der Waals surface area contributed by atoms with Crippen LogP contribution in [-0.2, 0) is 13.1 Å². The van der Waals surface area contributed by atoms with Crippen molar-refractivity contribution in [2.45, 2.75) is 51.2 Å². The molecule has 0 saturated heterocycles. The van der Waals surface area contributed by atoms with Gasteiger partial charge in [-0.3, -0.25) is 9.89 Å². The molecule has 1 aliphatic carbocycles. The van der Waals surface area contributed by atoms with Crippen molar-refractivity contribution in [1.82, 2.24) is 15.1 Å². The molecule has 0 radical (unpaired) electrons. The summed E-state index contributed by atoms with van der Waals surface area (Å²) in [4.78, 5) is 12.1. The highest BCUT2D eigenvalue weighted by Gasteiger charge is 2.23. The van der Waals surface area contributed by atoms with Gasteiger partial charge in [-0.25, -0.2) is 4.68 Å². The number of H-pyrrole nitrogens is 1. The van der Waals surface area contributed by atoms with Gasteiger partial charge in [0.25, 0.3) is 5.56 Å². The fraction of sp³-hybridized carbons (Fsp3) is 0.727. The van der Waals surface area contributed by atoms with Gasteiger partial charge in [-0.2, -0.15) is 0 Å². The molecule has 1 aromatic rings. The summed E-state index contributed by atoms with van der Waals surface area (Å²) < 4.78 is 1.88. The Morgan fingerprint density at radius 3 is 2.67 bits per heavy atom. The summed E-state index contributed by atoms with van der Waals surface area (Å²) in [5, 5.41) is 6.47. The lowest BCUT2D eigenvalue weighted by Gasteiger charge is -2.22. The number of fused-ring (bicyclic) bond motifs is 1. The third-order valence-corrected chi connectivity index (χ3v) is 3.64. The van der Waals surface area contributed by atoms with E-state index in [1.807, 2.05) is 4.68 Å². The van der Waals surface area contributed by atoms with Gasteiger partial charge in [-0.15, -0.1) is 0 Å². The smallest absolute Gasteiger partial charge is 0.271 e. The molecule has 2 N–H and O–H groups in total. The summed E-state index contributed by atoms with van der Waals surface area (Å²) in [5.41, 5.74) is 2.27. The third-order valence-electron chi connectivity index (χ3n) is 3.64. The first-order valence-electron chi connectivity index (χ1n) is 5.89. The molecule has 4 nitrogen and oxygen atoms in total. The van der Waals surface area contributed by atoms with Crippen molar-refractivity contribution in [3.05, 3.63) is 21.6 Å². The Kier molecular flexibility index (Phi) is 2.16. The van der Waals surface area contributed by atoms with Crippen molar-refractivity contribution in [1.29, 1.82) is 0 Å². The van der Waals surface area contributed by atoms with Gasteiger partial charge in [0.2, 0.25) is 0 Å². The second-order valence-corrected chi connectivity index (χ2v) is 4.64. The van der Waals surface area contributed by atoms with E-state index in [1.54, 1.807) is 0 Å². The molecule has 0 aromatic carbocycles. The SMILES string of the molecule is O=c1c2c([nH]n1C1CCCCC1)CNC2. The van der Waals surface area contributed by atoms with E-state index < -0.39 is 0 Å². The van der Waals surface area contributed by atoms with Crippen LogP contribution in [0.1, 0.15) is 49.4 Å². The zero-order valence-corrected chi connectivity index (χ0v) is 8.88. The van der Waals surface area contributed by atoms with Crippen LogP contribution in [0.2, 0.25) is 0 Å². The molecule has 0 amide bonds. The summed E-state index contributed by atoms with van der Waals surface area (Å²) in [6.07, 6.45) is 6.17. The average Bonchev–Trinajstić information content (AvgIpc) is 2.83. The van der Waals surface area contributed by atoms with Crippen molar-refractivity contribution >= 4 is 0 Å². The van der Waals surface area contributed by atoms with Crippen LogP contribution < -0.4 is 10.9 Å². The molecule has 1 aromatic heterocycles. The second kappa shape index (κ2) is 3.52. The quantitative estimate of drug-likeness (QED) is 0.729. The fourth-order valence-corrected chi connectivity index (χ4v) is 2.78. The minimum Gasteiger partial charge on any atom is -0.307 e. The van der Waals surface area contributed by atoms with E-state index in [0.717, 1.165) is 37.2 Å². The molecule has 0 bridgehead atoms. The third kappa shape index (κ3) is 1.44. The van der Waals surface area contributed by atoms with Gasteiger partial charge in [0, 0.05) is 13.1 Å². The molecule has 15 heavy (non-hydrogen) atoms. The lowest BCUT2D eigenvalue weighted by molar-refractivity contribution is 0.320. The molecule has 0 unspecified atom stereocenters. The molecule has 1 aliphatic heterocycles. The number of hydrogen-bond donors (Lipinski definition) is 2. The van der Waals surface area contributed by atoms with E-state index >= 15 is 0 Å². The van der Waals surface area contributed by atoms with E-state index in [2.05, 4.69) is 10.4 Å². The molecule has 82 valence electrons. The summed E-state index contributed by atoms with van der Waals surface area (Å²) >= 11 is 0. The fourth-order valence-electron chi connectivity index (χ4n) is 2.78. The Morgan fingerprint density at radius 1 is 1.13 bits per heavy atom. The highest BCUT2D eigenvalue weighted by molar-refractivity contribution is 5.21. The van der Waals surface area contributed by atoms with Crippen LogP contribution in [-0.4, -0.2) is 9.78 Å². The molecule has 3 rings (SSSR count). The Morgan fingerprint density at radius 2 is 1.93 bits per heavy atom. The first-order chi connectivity index (χ1) is 7.36. The molecule has 4 heteroatoms. The van der Waals surface area contributed by atoms with Crippen LogP contribution in [0.15, 0.2) is 4.79 Å². The van der Waals surface area contributed by atoms with Crippen molar-refractivity contribution in [2.24, 2.45) is 0 Å². The second-order valence-electron chi connectivity index (χ2n) is 4.64. The molecular weight excluding hydrogens is 190 g/mol. The van der Waals surface area contributed by atoms with Crippen LogP contribution in [0.4, 0.5) is 0 Å². The lowest BCUT2D eigenvalue weighted by atomic mass is 9.96. The zero-order chi connectivity index (χ0) is 10.3. The van der Waals surface area contributed by atoms with Crippen LogP contribution in [0.3, 0.4) is 0 Å². The minimum atomic E-state index is 0.210. The zero-order valence-electron chi connectivity index (χ0n) is 8.88. The molecule has 1 saturated carbocycles. The maximum absolute atomic E-state index is 12.1. The summed E-state index contributed by atoms with van der Waals surface area (Å²) in [5.74, 6) is 0. The number of nitrogens with zero attached hydrogens (tertiary/aromatic N) is 1. The maximum atomic E-state index is 12.1. The Bertz CT molecular complexity index is 412. The van der Waals surface area contributed by atoms with E-state index in [9.17, 15) is 4.79 Å². The summed E-state index contributed by atoms with van der Waals surface area (Å²) in [6, 6.07) is 0.428. The Labute approximate surface area is 88.7 Å². The lowest BCUT2D eigenvalue weighted by Crippen LogP contribution is -2.27. The first-order valence-corrected chi connectivity index (χ1v) is 5.89. The van der Waals surface area contributed by atoms with Crippen molar-refractivity contribution in [3.63, 3.8) is 0 Å². The number of rotatable bonds is 1. The van der Waals surface area contributed by atoms with Crippen molar-refractivity contribution in [2.75, 3.05) is 0 Å². The average molecular weight is 207 g/mol. The van der Waals surface area contributed by atoms with Gasteiger partial charge in [0.05, 0.1) is 17.3 Å². The number of nitrogens with one attached hydrogen (secondary N) is 2. The molecule has 0 atom stereocenters. The van der Waals surface area contributed by atoms with Crippen molar-refractivity contribution < 1.29 is 0 Å². The maximum Gasteiger partial charge on any atom is 0.271 e. The minimum absolute atomic E-state index is 0.210. The van der Waals surface area contributed by atoms with Gasteiger partial charge in [0.15, 0.2) is 0 Å². The first kappa shape index (κ1) is 9.21. The highest BCUT2D eigenvalue weighted by atomic mass is 16.1. The summed E-state index contributed by atoms with van der Waals surface area (Å²) in [7, 11) is 0. The summed E-state index contributed by atoms with van der Waals surface area (Å²) in [6.45, 7) is 1.56. The van der Waals surface area contributed by atoms with E-state index in [-0.39, 0.29) is 5.56 Å². The number of aromatic nitrogens is 2. The molecule has 0 spiro atoms. The van der Waals surface area contributed by atoms with Crippen LogP contribution in [0, 0.1) is 0 Å². The largest absolute Gasteiger partial charge is 0.307 e. The number of hydrogen-bond acceptors (Lipinski definition) is 2. The van der Waals surface area contributed by atoms with Gasteiger partial charge >= 0.3 is 0 Å². The van der Waals surface area contributed by atoms with Gasteiger partial charge in [-0.05, 0) is 12.8 Å². The van der Waals surface area contributed by atoms with E-state index in [1.165, 1.54) is 19.3 Å². The normalized spacial score (nSPS) is 21.9. The van der Waals surface area contributed by atoms with Crippen LogP contribution >= 0.6 is 0 Å². The van der Waals surface area contributed by atoms with Crippen LogP contribution in [0.25, 0.3) is 0 Å². The number of aromatic amines is 1. The predicted octanol–water partition coefficient (Wildman–Crippen LogP) is 1.28. The molecule has 2 aliphatic rings. The molecule has 2 heterocycles. The van der Waals surface area contributed by atoms with Crippen molar-refractivity contribution in [3.8, 4) is 0 Å². The van der Waals surface area contributed by atoms with E-state index in [0.29, 0.717) is 6.04 Å². The topological polar surface area (TPSA) is 49.8 Å². The highest BCUT2D eigenvalue weighted by Crippen LogP contribution is 2.27. The monoisotopic (exact) mass is 207 g/mol. The Balaban J connectivity index is 1.95. The van der Waals surface area contributed by atoms with Gasteiger partial charge in [0.1, 0.15) is 0 Å².